The lowest BCUT2D eigenvalue weighted by Crippen LogP contribution is -2.61. The number of nitrogens with zero attached hydrogens (tertiary/aromatic N) is 2. The molecule has 0 radical (unpaired) electrons. The molecule has 2 saturated heterocycles. The average molecular weight is 326 g/mol. The molecule has 134 valence electrons. The maximum absolute atomic E-state index is 13.3. The third-order valence-electron chi connectivity index (χ3n) is 4.61. The largest absolute Gasteiger partial charge is 0.373 e. The van der Waals surface area contributed by atoms with Crippen molar-refractivity contribution in [3.8, 4) is 0 Å². The van der Waals surface area contributed by atoms with Crippen LogP contribution in [-0.4, -0.2) is 71.8 Å². The zero-order valence-corrected chi connectivity index (χ0v) is 15.8. The summed E-state index contributed by atoms with van der Waals surface area (Å²) in [5, 5.41) is 0. The Labute approximate surface area is 141 Å². The predicted molar refractivity (Wildman–Crippen MR) is 91.4 cm³/mol. The summed E-state index contributed by atoms with van der Waals surface area (Å²) in [5.74, 6) is 0.519. The number of hydrogen-bond acceptors (Lipinski definition) is 4. The molecular weight excluding hydrogens is 292 g/mol. The molecule has 23 heavy (non-hydrogen) atoms. The molecular formula is C18H34N2O3. The van der Waals surface area contributed by atoms with Gasteiger partial charge in [-0.25, -0.2) is 0 Å². The maximum atomic E-state index is 13.3. The highest BCUT2D eigenvalue weighted by Crippen LogP contribution is 2.25. The number of carbonyl (C=O) groups is 1. The molecule has 5 nitrogen and oxygen atoms in total. The van der Waals surface area contributed by atoms with Gasteiger partial charge in [0.1, 0.15) is 0 Å². The Morgan fingerprint density at radius 3 is 2.09 bits per heavy atom. The van der Waals surface area contributed by atoms with E-state index in [0.29, 0.717) is 13.1 Å². The van der Waals surface area contributed by atoms with E-state index >= 15 is 0 Å². The molecule has 0 aromatic heterocycles. The van der Waals surface area contributed by atoms with Gasteiger partial charge in [-0.3, -0.25) is 9.69 Å². The molecule has 2 aliphatic rings. The minimum absolute atomic E-state index is 0.0788. The number of morpholine rings is 2. The highest BCUT2D eigenvalue weighted by Gasteiger charge is 2.40. The molecule has 2 rings (SSSR count). The van der Waals surface area contributed by atoms with Gasteiger partial charge in [-0.2, -0.15) is 0 Å². The van der Waals surface area contributed by atoms with Gasteiger partial charge in [0.2, 0.25) is 5.91 Å². The summed E-state index contributed by atoms with van der Waals surface area (Å²) < 4.78 is 11.8. The summed E-state index contributed by atoms with van der Waals surface area (Å²) >= 11 is 0. The first-order valence-corrected chi connectivity index (χ1v) is 8.95. The first-order chi connectivity index (χ1) is 10.6. The normalized spacial score (nSPS) is 33.7. The second kappa shape index (κ2) is 7.08. The second-order valence-electron chi connectivity index (χ2n) is 8.31. The summed E-state index contributed by atoms with van der Waals surface area (Å²) in [5.41, 5.74) is -0.277. The third kappa shape index (κ3) is 4.68. The van der Waals surface area contributed by atoms with Crippen molar-refractivity contribution in [2.24, 2.45) is 5.92 Å². The molecule has 1 amide bonds. The van der Waals surface area contributed by atoms with Crippen LogP contribution in [0.1, 0.15) is 48.5 Å². The van der Waals surface area contributed by atoms with Crippen molar-refractivity contribution in [2.75, 3.05) is 26.2 Å². The van der Waals surface area contributed by atoms with Crippen LogP contribution in [-0.2, 0) is 14.3 Å². The van der Waals surface area contributed by atoms with Crippen LogP contribution >= 0.6 is 0 Å². The molecule has 5 heteroatoms. The van der Waals surface area contributed by atoms with Gasteiger partial charge in [-0.05, 0) is 40.5 Å². The third-order valence-corrected chi connectivity index (χ3v) is 4.61. The van der Waals surface area contributed by atoms with Gasteiger partial charge in [0, 0.05) is 26.2 Å². The highest BCUT2D eigenvalue weighted by molar-refractivity contribution is 5.82. The summed E-state index contributed by atoms with van der Waals surface area (Å²) in [7, 11) is 0. The molecule has 0 aromatic carbocycles. The first-order valence-electron chi connectivity index (χ1n) is 8.95. The molecule has 0 aliphatic carbocycles. The molecule has 2 fully saturated rings. The molecule has 0 spiro atoms. The number of hydrogen-bond donors (Lipinski definition) is 0. The van der Waals surface area contributed by atoms with Crippen molar-refractivity contribution in [2.45, 2.75) is 78.4 Å². The Balaban J connectivity index is 2.15. The summed E-state index contributed by atoms with van der Waals surface area (Å²) in [6, 6.07) is -0.0788. The van der Waals surface area contributed by atoms with Gasteiger partial charge in [-0.15, -0.1) is 0 Å². The van der Waals surface area contributed by atoms with E-state index in [-0.39, 0.29) is 41.8 Å². The number of ether oxygens (including phenoxy) is 2. The van der Waals surface area contributed by atoms with Gasteiger partial charge in [0.15, 0.2) is 0 Å². The first kappa shape index (κ1) is 18.7. The Morgan fingerprint density at radius 1 is 1.04 bits per heavy atom. The van der Waals surface area contributed by atoms with E-state index in [0.717, 1.165) is 13.1 Å². The number of rotatable bonds is 3. The Kier molecular flexibility index (Phi) is 5.75. The Hall–Kier alpha value is -0.650. The standard InChI is InChI=1S/C18H34N2O3/c1-12(2)16(19-8-13(3)22-14(4)9-19)17(21)20-10-15(5)23-18(6,7)11-20/h12-16H,8-11H2,1-7H3. The average Bonchev–Trinajstić information content (AvgIpc) is 2.34. The van der Waals surface area contributed by atoms with Crippen LogP contribution in [0.4, 0.5) is 0 Å². The molecule has 2 aliphatic heterocycles. The van der Waals surface area contributed by atoms with E-state index in [1.54, 1.807) is 0 Å². The molecule has 0 saturated carbocycles. The lowest BCUT2D eigenvalue weighted by Gasteiger charge is -2.46. The zero-order valence-electron chi connectivity index (χ0n) is 15.8. The lowest BCUT2D eigenvalue weighted by atomic mass is 9.97. The lowest BCUT2D eigenvalue weighted by molar-refractivity contribution is -0.167. The van der Waals surface area contributed by atoms with Gasteiger partial charge in [0.05, 0.1) is 30.0 Å². The van der Waals surface area contributed by atoms with Gasteiger partial charge >= 0.3 is 0 Å². The summed E-state index contributed by atoms with van der Waals surface area (Å²) in [6.07, 6.45) is 0.429. The number of carbonyl (C=O) groups excluding carboxylic acids is 1. The van der Waals surface area contributed by atoms with Crippen LogP contribution in [0.3, 0.4) is 0 Å². The van der Waals surface area contributed by atoms with Gasteiger partial charge in [0.25, 0.3) is 0 Å². The molecule has 0 bridgehead atoms. The molecule has 0 aromatic rings. The maximum Gasteiger partial charge on any atom is 0.240 e. The fourth-order valence-corrected chi connectivity index (χ4v) is 4.12. The predicted octanol–water partition coefficient (Wildman–Crippen LogP) is 2.15. The van der Waals surface area contributed by atoms with Gasteiger partial charge < -0.3 is 14.4 Å². The van der Waals surface area contributed by atoms with E-state index in [9.17, 15) is 4.79 Å². The van der Waals surface area contributed by atoms with Crippen LogP contribution in [0.5, 0.6) is 0 Å². The molecule has 0 N–H and O–H groups in total. The van der Waals surface area contributed by atoms with Crippen molar-refractivity contribution in [3.05, 3.63) is 0 Å². The van der Waals surface area contributed by atoms with Crippen LogP contribution in [0.15, 0.2) is 0 Å². The van der Waals surface area contributed by atoms with Crippen molar-refractivity contribution >= 4 is 5.91 Å². The van der Waals surface area contributed by atoms with Gasteiger partial charge in [-0.1, -0.05) is 13.8 Å². The van der Waals surface area contributed by atoms with Crippen LogP contribution in [0.25, 0.3) is 0 Å². The fourth-order valence-electron chi connectivity index (χ4n) is 4.12. The monoisotopic (exact) mass is 326 g/mol. The quantitative estimate of drug-likeness (QED) is 0.797. The van der Waals surface area contributed by atoms with Crippen molar-refractivity contribution in [1.82, 2.24) is 9.80 Å². The highest BCUT2D eigenvalue weighted by atomic mass is 16.5. The minimum atomic E-state index is -0.277. The van der Waals surface area contributed by atoms with Crippen molar-refractivity contribution < 1.29 is 14.3 Å². The molecule has 2 heterocycles. The van der Waals surface area contributed by atoms with E-state index < -0.39 is 0 Å². The Morgan fingerprint density at radius 2 is 1.61 bits per heavy atom. The topological polar surface area (TPSA) is 42.0 Å². The summed E-state index contributed by atoms with van der Waals surface area (Å²) in [4.78, 5) is 17.6. The smallest absolute Gasteiger partial charge is 0.240 e. The SMILES string of the molecule is CC1CN(C(C(=O)N2CC(C)OC(C)(C)C2)C(C)C)CC(C)O1. The van der Waals surface area contributed by atoms with E-state index in [1.807, 2.05) is 11.8 Å². The molecule has 4 atom stereocenters. The fraction of sp³-hybridized carbons (Fsp3) is 0.944. The minimum Gasteiger partial charge on any atom is -0.373 e. The second-order valence-corrected chi connectivity index (χ2v) is 8.31. The van der Waals surface area contributed by atoms with Crippen LogP contribution in [0, 0.1) is 5.92 Å². The molecule has 4 unspecified atom stereocenters. The van der Waals surface area contributed by atoms with Crippen molar-refractivity contribution in [3.63, 3.8) is 0 Å². The van der Waals surface area contributed by atoms with Crippen molar-refractivity contribution in [1.29, 1.82) is 0 Å². The van der Waals surface area contributed by atoms with E-state index in [4.69, 9.17) is 9.47 Å². The zero-order chi connectivity index (χ0) is 17.4. The Bertz CT molecular complexity index is 414. The van der Waals surface area contributed by atoms with E-state index in [2.05, 4.69) is 46.4 Å². The summed E-state index contributed by atoms with van der Waals surface area (Å²) in [6.45, 7) is 17.6. The van der Waals surface area contributed by atoms with Crippen LogP contribution in [0.2, 0.25) is 0 Å². The van der Waals surface area contributed by atoms with Crippen LogP contribution < -0.4 is 0 Å². The number of amides is 1. The van der Waals surface area contributed by atoms with E-state index in [1.165, 1.54) is 0 Å².